The van der Waals surface area contributed by atoms with Crippen molar-refractivity contribution in [2.45, 2.75) is 18.1 Å². The summed E-state index contributed by atoms with van der Waals surface area (Å²) in [6, 6.07) is 14.1. The maximum Gasteiger partial charge on any atom is 0.236 e. The Labute approximate surface area is 176 Å². The van der Waals surface area contributed by atoms with Gasteiger partial charge in [0.1, 0.15) is 0 Å². The first kappa shape index (κ1) is 19.3. The Morgan fingerprint density at radius 1 is 1.07 bits per heavy atom. The van der Waals surface area contributed by atoms with E-state index in [4.69, 9.17) is 0 Å². The van der Waals surface area contributed by atoms with Crippen LogP contribution in [-0.4, -0.2) is 36.4 Å². The van der Waals surface area contributed by atoms with Crippen molar-refractivity contribution >= 4 is 34.1 Å². The molecular formula is C20H18N6OS2. The lowest BCUT2D eigenvalue weighted by molar-refractivity contribution is -0.113. The second kappa shape index (κ2) is 9.44. The number of nitrogens with zero attached hydrogens (tertiary/aromatic N) is 5. The summed E-state index contributed by atoms with van der Waals surface area (Å²) in [7, 11) is 0. The molecule has 0 radical (unpaired) electrons. The summed E-state index contributed by atoms with van der Waals surface area (Å²) in [6.45, 7) is 0.713. The molecule has 9 heteroatoms. The summed E-state index contributed by atoms with van der Waals surface area (Å²) in [5, 5.41) is 14.6. The monoisotopic (exact) mass is 422 g/mol. The molecule has 0 saturated heterocycles. The summed E-state index contributed by atoms with van der Waals surface area (Å²) in [4.78, 5) is 20.4. The molecule has 0 aliphatic heterocycles. The summed E-state index contributed by atoms with van der Waals surface area (Å²) in [6.07, 6.45) is 5.98. The van der Waals surface area contributed by atoms with E-state index in [1.165, 1.54) is 28.7 Å². The molecule has 0 fully saturated rings. The quantitative estimate of drug-likeness (QED) is 0.435. The zero-order valence-corrected chi connectivity index (χ0v) is 17.1. The van der Waals surface area contributed by atoms with Gasteiger partial charge in [0.05, 0.1) is 5.75 Å². The lowest BCUT2D eigenvalue weighted by Gasteiger charge is -2.10. The van der Waals surface area contributed by atoms with Gasteiger partial charge in [0.25, 0.3) is 0 Å². The maximum atomic E-state index is 12.2. The van der Waals surface area contributed by atoms with Crippen molar-refractivity contribution < 1.29 is 4.79 Å². The van der Waals surface area contributed by atoms with Gasteiger partial charge in [-0.2, -0.15) is 0 Å². The van der Waals surface area contributed by atoms with Crippen LogP contribution in [0.5, 0.6) is 0 Å². The van der Waals surface area contributed by atoms with Gasteiger partial charge < -0.3 is 9.88 Å². The number of aryl methyl sites for hydroxylation is 1. The van der Waals surface area contributed by atoms with Gasteiger partial charge in [0.15, 0.2) is 16.1 Å². The average molecular weight is 423 g/mol. The molecule has 0 unspecified atom stereocenters. The van der Waals surface area contributed by atoms with Crippen LogP contribution < -0.4 is 5.32 Å². The van der Waals surface area contributed by atoms with Crippen molar-refractivity contribution in [3.8, 4) is 11.4 Å². The molecule has 0 aliphatic rings. The van der Waals surface area contributed by atoms with E-state index in [9.17, 15) is 4.79 Å². The highest BCUT2D eigenvalue weighted by molar-refractivity contribution is 7.99. The normalized spacial score (nSPS) is 10.8. The van der Waals surface area contributed by atoms with Crippen LogP contribution in [0.25, 0.3) is 11.4 Å². The predicted molar refractivity (Wildman–Crippen MR) is 115 cm³/mol. The molecule has 0 bridgehead atoms. The third-order valence-corrected chi connectivity index (χ3v) is 5.79. The zero-order chi connectivity index (χ0) is 19.9. The first-order chi connectivity index (χ1) is 14.3. The number of thioether (sulfide) groups is 1. The van der Waals surface area contributed by atoms with E-state index in [-0.39, 0.29) is 11.7 Å². The van der Waals surface area contributed by atoms with E-state index in [1.807, 2.05) is 35.7 Å². The largest absolute Gasteiger partial charge is 0.302 e. The highest BCUT2D eigenvalue weighted by atomic mass is 32.2. The fourth-order valence-electron chi connectivity index (χ4n) is 2.77. The number of nitrogens with one attached hydrogen (secondary N) is 1. The van der Waals surface area contributed by atoms with Gasteiger partial charge in [-0.1, -0.05) is 42.1 Å². The van der Waals surface area contributed by atoms with E-state index in [1.54, 1.807) is 18.6 Å². The molecule has 4 rings (SSSR count). The zero-order valence-electron chi connectivity index (χ0n) is 15.4. The van der Waals surface area contributed by atoms with Gasteiger partial charge in [-0.25, -0.2) is 4.98 Å². The molecule has 7 nitrogen and oxygen atoms in total. The number of rotatable bonds is 8. The number of carbonyl (C=O) groups excluding carboxylic acids is 1. The molecular weight excluding hydrogens is 404 g/mol. The maximum absolute atomic E-state index is 12.2. The molecule has 1 aromatic carbocycles. The van der Waals surface area contributed by atoms with E-state index < -0.39 is 0 Å². The number of carbonyl (C=O) groups is 1. The Hall–Kier alpha value is -3.04. The number of aromatic nitrogens is 5. The smallest absolute Gasteiger partial charge is 0.236 e. The lowest BCUT2D eigenvalue weighted by Crippen LogP contribution is -2.14. The number of pyridine rings is 1. The summed E-state index contributed by atoms with van der Waals surface area (Å²) < 4.78 is 2.06. The van der Waals surface area contributed by atoms with Gasteiger partial charge >= 0.3 is 0 Å². The van der Waals surface area contributed by atoms with Gasteiger partial charge in [-0.05, 0) is 24.1 Å². The Morgan fingerprint density at radius 3 is 2.66 bits per heavy atom. The number of hydrogen-bond donors (Lipinski definition) is 1. The topological polar surface area (TPSA) is 85.6 Å². The van der Waals surface area contributed by atoms with Crippen LogP contribution in [0, 0.1) is 0 Å². The molecule has 0 aliphatic carbocycles. The molecule has 4 aromatic rings. The van der Waals surface area contributed by atoms with Gasteiger partial charge in [-0.3, -0.25) is 9.78 Å². The Balaban J connectivity index is 1.51. The molecule has 3 aromatic heterocycles. The van der Waals surface area contributed by atoms with Crippen LogP contribution in [0.15, 0.2) is 71.6 Å². The van der Waals surface area contributed by atoms with Gasteiger partial charge in [0.2, 0.25) is 5.91 Å². The van der Waals surface area contributed by atoms with E-state index in [0.29, 0.717) is 16.8 Å². The minimum atomic E-state index is -0.118. The number of thiazole rings is 1. The van der Waals surface area contributed by atoms with Crippen molar-refractivity contribution in [3.63, 3.8) is 0 Å². The summed E-state index contributed by atoms with van der Waals surface area (Å²) in [5.41, 5.74) is 2.18. The number of anilines is 1. The molecule has 29 heavy (non-hydrogen) atoms. The molecule has 0 spiro atoms. The fourth-order valence-corrected chi connectivity index (χ4v) is 4.08. The standard InChI is InChI=1S/C20H18N6OS2/c27-17(23-19-22-11-13-28-19)14-29-20-25-24-18(16-6-9-21-10-7-16)26(20)12-8-15-4-2-1-3-5-15/h1-7,9-11,13H,8,12,14H2,(H,22,23,27). The van der Waals surface area contributed by atoms with Crippen LogP contribution in [-0.2, 0) is 17.8 Å². The fraction of sp³-hybridized carbons (Fsp3) is 0.150. The third-order valence-electron chi connectivity index (χ3n) is 4.13. The number of hydrogen-bond acceptors (Lipinski definition) is 7. The molecule has 1 N–H and O–H groups in total. The molecule has 3 heterocycles. The van der Waals surface area contributed by atoms with Gasteiger partial charge in [0, 0.05) is 36.1 Å². The molecule has 1 amide bonds. The average Bonchev–Trinajstić information content (AvgIpc) is 3.42. The van der Waals surface area contributed by atoms with E-state index in [0.717, 1.165) is 17.8 Å². The molecule has 0 saturated carbocycles. The number of amides is 1. The first-order valence-electron chi connectivity index (χ1n) is 8.99. The Kier molecular flexibility index (Phi) is 6.28. The first-order valence-corrected chi connectivity index (χ1v) is 10.9. The van der Waals surface area contributed by atoms with E-state index in [2.05, 4.69) is 42.2 Å². The second-order valence-electron chi connectivity index (χ2n) is 6.10. The van der Waals surface area contributed by atoms with Crippen LogP contribution in [0.2, 0.25) is 0 Å². The van der Waals surface area contributed by atoms with Crippen molar-refractivity contribution in [1.82, 2.24) is 24.7 Å². The second-order valence-corrected chi connectivity index (χ2v) is 7.94. The van der Waals surface area contributed by atoms with Crippen molar-refractivity contribution in [2.75, 3.05) is 11.1 Å². The lowest BCUT2D eigenvalue weighted by atomic mass is 10.1. The van der Waals surface area contributed by atoms with Crippen LogP contribution >= 0.6 is 23.1 Å². The van der Waals surface area contributed by atoms with Gasteiger partial charge in [-0.15, -0.1) is 21.5 Å². The number of benzene rings is 1. The Bertz CT molecular complexity index is 1050. The van der Waals surface area contributed by atoms with Crippen LogP contribution in [0.1, 0.15) is 5.56 Å². The molecule has 0 atom stereocenters. The molecule has 146 valence electrons. The summed E-state index contributed by atoms with van der Waals surface area (Å²) >= 11 is 2.76. The highest BCUT2D eigenvalue weighted by Crippen LogP contribution is 2.24. The minimum absolute atomic E-state index is 0.118. The van der Waals surface area contributed by atoms with Crippen molar-refractivity contribution in [3.05, 3.63) is 72.0 Å². The van der Waals surface area contributed by atoms with Crippen LogP contribution in [0.3, 0.4) is 0 Å². The SMILES string of the molecule is O=C(CSc1nnc(-c2ccncc2)n1CCc1ccccc1)Nc1nccs1. The minimum Gasteiger partial charge on any atom is -0.302 e. The Morgan fingerprint density at radius 2 is 1.90 bits per heavy atom. The van der Waals surface area contributed by atoms with Crippen molar-refractivity contribution in [1.29, 1.82) is 0 Å². The highest BCUT2D eigenvalue weighted by Gasteiger charge is 2.16. The van der Waals surface area contributed by atoms with Crippen LogP contribution in [0.4, 0.5) is 5.13 Å². The third kappa shape index (κ3) is 5.07. The van der Waals surface area contributed by atoms with E-state index >= 15 is 0 Å². The predicted octanol–water partition coefficient (Wildman–Crippen LogP) is 3.77. The van der Waals surface area contributed by atoms with Crippen molar-refractivity contribution in [2.24, 2.45) is 0 Å². The summed E-state index contributed by atoms with van der Waals surface area (Å²) in [5.74, 6) is 0.888.